The highest BCUT2D eigenvalue weighted by atomic mass is 32.1. The molecule has 98 valence electrons. The first-order valence-corrected chi connectivity index (χ1v) is 7.41. The summed E-state index contributed by atoms with van der Waals surface area (Å²) in [6.45, 7) is 4.31. The molecule has 0 saturated carbocycles. The Bertz CT molecular complexity index is 533. The molecule has 0 fully saturated rings. The van der Waals surface area contributed by atoms with Gasteiger partial charge in [-0.05, 0) is 49.4 Å². The van der Waals surface area contributed by atoms with E-state index in [2.05, 4.69) is 24.5 Å². The van der Waals surface area contributed by atoms with Crippen molar-refractivity contribution in [3.8, 4) is 5.75 Å². The number of benzene rings is 1. The van der Waals surface area contributed by atoms with Crippen molar-refractivity contribution >= 4 is 21.4 Å². The molecule has 0 bridgehead atoms. The molecule has 18 heavy (non-hydrogen) atoms. The lowest BCUT2D eigenvalue weighted by atomic mass is 10.0. The molecule has 1 atom stereocenters. The van der Waals surface area contributed by atoms with Gasteiger partial charge in [0.2, 0.25) is 0 Å². The van der Waals surface area contributed by atoms with Gasteiger partial charge in [-0.15, -0.1) is 11.3 Å². The van der Waals surface area contributed by atoms with Gasteiger partial charge in [-0.3, -0.25) is 0 Å². The fraction of sp³-hybridized carbons (Fsp3) is 0.467. The first kappa shape index (κ1) is 13.4. The van der Waals surface area contributed by atoms with Gasteiger partial charge in [0.1, 0.15) is 5.75 Å². The molecule has 2 nitrogen and oxygen atoms in total. The van der Waals surface area contributed by atoms with E-state index in [1.54, 1.807) is 11.3 Å². The van der Waals surface area contributed by atoms with E-state index in [4.69, 9.17) is 0 Å². The fourth-order valence-corrected chi connectivity index (χ4v) is 3.52. The van der Waals surface area contributed by atoms with E-state index in [0.717, 1.165) is 11.8 Å². The number of aromatic hydroxyl groups is 1. The highest BCUT2D eigenvalue weighted by Gasteiger charge is 2.14. The molecule has 0 amide bonds. The van der Waals surface area contributed by atoms with Gasteiger partial charge in [-0.25, -0.2) is 0 Å². The summed E-state index contributed by atoms with van der Waals surface area (Å²) in [7, 11) is 2.01. The van der Waals surface area contributed by atoms with Crippen molar-refractivity contribution in [1.82, 2.24) is 5.32 Å². The zero-order valence-electron chi connectivity index (χ0n) is 11.3. The Kier molecular flexibility index (Phi) is 4.25. The highest BCUT2D eigenvalue weighted by molar-refractivity contribution is 7.17. The molecule has 1 aromatic heterocycles. The zero-order chi connectivity index (χ0) is 13.1. The van der Waals surface area contributed by atoms with E-state index in [1.165, 1.54) is 28.7 Å². The third-order valence-corrected chi connectivity index (χ3v) is 4.65. The Morgan fingerprint density at radius 1 is 1.39 bits per heavy atom. The maximum absolute atomic E-state index is 10.1. The van der Waals surface area contributed by atoms with Gasteiger partial charge < -0.3 is 10.4 Å². The molecule has 1 heterocycles. The van der Waals surface area contributed by atoms with Crippen LogP contribution in [-0.4, -0.2) is 18.2 Å². The topological polar surface area (TPSA) is 32.3 Å². The number of thiophene rings is 1. The third-order valence-electron chi connectivity index (χ3n) is 3.48. The fourth-order valence-electron chi connectivity index (χ4n) is 2.44. The van der Waals surface area contributed by atoms with E-state index >= 15 is 0 Å². The molecule has 0 aliphatic rings. The van der Waals surface area contributed by atoms with Crippen LogP contribution >= 0.6 is 11.3 Å². The molecule has 0 saturated heterocycles. The number of likely N-dealkylation sites (N-methyl/N-ethyl adjacent to an activating group) is 1. The van der Waals surface area contributed by atoms with Gasteiger partial charge in [0, 0.05) is 16.1 Å². The number of fused-ring (bicyclic) bond motifs is 1. The Hall–Kier alpha value is -1.06. The van der Waals surface area contributed by atoms with E-state index in [-0.39, 0.29) is 0 Å². The maximum Gasteiger partial charge on any atom is 0.124 e. The van der Waals surface area contributed by atoms with Crippen LogP contribution < -0.4 is 5.32 Å². The van der Waals surface area contributed by atoms with E-state index in [9.17, 15) is 5.11 Å². The summed E-state index contributed by atoms with van der Waals surface area (Å²) in [4.78, 5) is 0. The molecule has 0 radical (unpaired) electrons. The highest BCUT2D eigenvalue weighted by Crippen LogP contribution is 2.36. The molecule has 2 aromatic rings. The summed E-state index contributed by atoms with van der Waals surface area (Å²) in [5.41, 5.74) is 2.51. The van der Waals surface area contributed by atoms with Crippen LogP contribution in [0.1, 0.15) is 30.9 Å². The van der Waals surface area contributed by atoms with Crippen LogP contribution in [0.2, 0.25) is 0 Å². The minimum Gasteiger partial charge on any atom is -0.507 e. The lowest BCUT2D eigenvalue weighted by Crippen LogP contribution is -2.27. The number of hydrogen-bond donors (Lipinski definition) is 2. The van der Waals surface area contributed by atoms with Crippen molar-refractivity contribution in [2.45, 2.75) is 39.2 Å². The smallest absolute Gasteiger partial charge is 0.124 e. The summed E-state index contributed by atoms with van der Waals surface area (Å²) in [5.74, 6) is 0.415. The van der Waals surface area contributed by atoms with Gasteiger partial charge in [-0.2, -0.15) is 0 Å². The Labute approximate surface area is 113 Å². The summed E-state index contributed by atoms with van der Waals surface area (Å²) < 4.78 is 1.22. The van der Waals surface area contributed by atoms with Crippen molar-refractivity contribution in [1.29, 1.82) is 0 Å². The van der Waals surface area contributed by atoms with E-state index in [1.807, 2.05) is 19.2 Å². The summed E-state index contributed by atoms with van der Waals surface area (Å²) in [6.07, 6.45) is 3.33. The molecule has 1 unspecified atom stereocenters. The van der Waals surface area contributed by atoms with Crippen LogP contribution in [0.15, 0.2) is 17.5 Å². The van der Waals surface area contributed by atoms with Gasteiger partial charge in [0.05, 0.1) is 0 Å². The molecule has 2 N–H and O–H groups in total. The molecule has 0 aliphatic heterocycles. The van der Waals surface area contributed by atoms with Gasteiger partial charge >= 0.3 is 0 Å². The molecule has 1 aromatic carbocycles. The minimum atomic E-state index is 0.415. The molecular formula is C15H21NOS. The average molecular weight is 263 g/mol. The second-order valence-electron chi connectivity index (χ2n) is 4.85. The average Bonchev–Trinajstić information content (AvgIpc) is 2.78. The second kappa shape index (κ2) is 5.72. The number of rotatable bonds is 5. The first-order valence-electron chi connectivity index (χ1n) is 6.53. The summed E-state index contributed by atoms with van der Waals surface area (Å²) >= 11 is 1.74. The van der Waals surface area contributed by atoms with Crippen molar-refractivity contribution in [2.75, 3.05) is 7.05 Å². The van der Waals surface area contributed by atoms with Gasteiger partial charge in [0.25, 0.3) is 0 Å². The van der Waals surface area contributed by atoms with Crippen LogP contribution in [0, 0.1) is 6.92 Å². The lowest BCUT2D eigenvalue weighted by molar-refractivity contribution is 0.480. The Morgan fingerprint density at radius 3 is 2.83 bits per heavy atom. The first-order chi connectivity index (χ1) is 8.67. The molecule has 0 aliphatic carbocycles. The minimum absolute atomic E-state index is 0.415. The Morgan fingerprint density at radius 2 is 2.17 bits per heavy atom. The Balaban J connectivity index is 2.37. The zero-order valence-corrected chi connectivity index (χ0v) is 12.1. The van der Waals surface area contributed by atoms with Crippen LogP contribution in [-0.2, 0) is 6.42 Å². The number of nitrogens with one attached hydrogen (secondary N) is 1. The molecule has 2 rings (SSSR count). The summed E-state index contributed by atoms with van der Waals surface area (Å²) in [5, 5.41) is 16.7. The van der Waals surface area contributed by atoms with E-state index in [0.29, 0.717) is 11.8 Å². The van der Waals surface area contributed by atoms with Crippen LogP contribution in [0.4, 0.5) is 0 Å². The maximum atomic E-state index is 10.1. The van der Waals surface area contributed by atoms with Crippen LogP contribution in [0.5, 0.6) is 5.75 Å². The van der Waals surface area contributed by atoms with Gasteiger partial charge in [0.15, 0.2) is 0 Å². The molecular weight excluding hydrogens is 242 g/mol. The molecule has 3 heteroatoms. The third kappa shape index (κ3) is 2.52. The quantitative estimate of drug-likeness (QED) is 0.859. The largest absolute Gasteiger partial charge is 0.507 e. The number of hydrogen-bond acceptors (Lipinski definition) is 3. The predicted octanol–water partition coefficient (Wildman–Crippen LogP) is 3.85. The lowest BCUT2D eigenvalue weighted by Gasteiger charge is -2.14. The van der Waals surface area contributed by atoms with Crippen LogP contribution in [0.25, 0.3) is 10.1 Å². The van der Waals surface area contributed by atoms with E-state index < -0.39 is 0 Å². The number of aryl methyl sites for hydroxylation is 1. The number of phenols is 1. The predicted molar refractivity (Wildman–Crippen MR) is 79.7 cm³/mol. The van der Waals surface area contributed by atoms with Gasteiger partial charge in [-0.1, -0.05) is 19.4 Å². The SMILES string of the molecule is CCCC(Cc1csc2c(C)ccc(O)c12)NC. The van der Waals surface area contributed by atoms with Crippen molar-refractivity contribution < 1.29 is 5.11 Å². The summed E-state index contributed by atoms with van der Waals surface area (Å²) in [6, 6.07) is 4.29. The normalized spacial score (nSPS) is 13.1. The van der Waals surface area contributed by atoms with Crippen LogP contribution in [0.3, 0.4) is 0 Å². The molecule has 0 spiro atoms. The van der Waals surface area contributed by atoms with Crippen molar-refractivity contribution in [2.24, 2.45) is 0 Å². The van der Waals surface area contributed by atoms with Crippen molar-refractivity contribution in [3.63, 3.8) is 0 Å². The van der Waals surface area contributed by atoms with Crippen molar-refractivity contribution in [3.05, 3.63) is 28.6 Å². The standard InChI is InChI=1S/C15H21NOS/c1-4-5-12(16-3)8-11-9-18-15-10(2)6-7-13(17)14(11)15/h6-7,9,12,16-17H,4-5,8H2,1-3H3. The number of phenolic OH excluding ortho intramolecular Hbond substituents is 1. The second-order valence-corrected chi connectivity index (χ2v) is 5.72. The monoisotopic (exact) mass is 263 g/mol.